The lowest BCUT2D eigenvalue weighted by molar-refractivity contribution is -0.112. The second-order valence-corrected chi connectivity index (χ2v) is 9.53. The highest BCUT2D eigenvalue weighted by molar-refractivity contribution is 7.97. The van der Waals surface area contributed by atoms with Gasteiger partial charge in [0.1, 0.15) is 0 Å². The van der Waals surface area contributed by atoms with Crippen molar-refractivity contribution in [3.8, 4) is 0 Å². The van der Waals surface area contributed by atoms with Crippen molar-refractivity contribution in [2.75, 3.05) is 16.2 Å². The fraction of sp³-hybridized carbons (Fsp3) is 0.0870. The first-order valence-corrected chi connectivity index (χ1v) is 11.7. The minimum Gasteiger partial charge on any atom is -0.321 e. The number of nitrogens with zero attached hydrogens (tertiary/aromatic N) is 1. The Labute approximate surface area is 191 Å². The van der Waals surface area contributed by atoms with Crippen LogP contribution < -0.4 is 9.62 Å². The fourth-order valence-electron chi connectivity index (χ4n) is 3.60. The third kappa shape index (κ3) is 3.94. The van der Waals surface area contributed by atoms with Crippen LogP contribution in [-0.2, 0) is 14.8 Å². The molecule has 3 aromatic rings. The minimum absolute atomic E-state index is 0.163. The van der Waals surface area contributed by atoms with Gasteiger partial charge in [-0.3, -0.25) is 9.10 Å². The standard InChI is InChI=1S/C23H18Cl2N2O3S/c1-2-27-20-13-10-17(25)14-19(20)21(15-6-4-3-5-7-15)22(31(27,29)30)23(28)26-18-11-8-16(24)9-12-18/h3-14H,2H2,1H3,(H,26,28). The molecule has 1 amide bonds. The van der Waals surface area contributed by atoms with Crippen LogP contribution in [0.2, 0.25) is 10.0 Å². The Morgan fingerprint density at radius 3 is 2.23 bits per heavy atom. The molecule has 1 N–H and O–H groups in total. The molecule has 8 heteroatoms. The number of halogens is 2. The van der Waals surface area contributed by atoms with Gasteiger partial charge in [0.05, 0.1) is 5.69 Å². The van der Waals surface area contributed by atoms with E-state index >= 15 is 0 Å². The maximum atomic E-state index is 13.6. The zero-order valence-corrected chi connectivity index (χ0v) is 18.8. The molecular weight excluding hydrogens is 455 g/mol. The van der Waals surface area contributed by atoms with Gasteiger partial charge in [-0.05, 0) is 55.0 Å². The zero-order chi connectivity index (χ0) is 22.2. The Morgan fingerprint density at radius 2 is 1.58 bits per heavy atom. The van der Waals surface area contributed by atoms with Crippen LogP contribution >= 0.6 is 23.2 Å². The van der Waals surface area contributed by atoms with E-state index < -0.39 is 15.9 Å². The van der Waals surface area contributed by atoms with E-state index in [2.05, 4.69) is 5.32 Å². The first kappa shape index (κ1) is 21.4. The number of carbonyl (C=O) groups excluding carboxylic acids is 1. The molecule has 1 aliphatic heterocycles. The van der Waals surface area contributed by atoms with Crippen LogP contribution in [-0.4, -0.2) is 20.9 Å². The molecule has 0 atom stereocenters. The van der Waals surface area contributed by atoms with Crippen LogP contribution in [0.15, 0.2) is 77.7 Å². The summed E-state index contributed by atoms with van der Waals surface area (Å²) in [5, 5.41) is 3.64. The van der Waals surface area contributed by atoms with Crippen molar-refractivity contribution >= 4 is 56.1 Å². The van der Waals surface area contributed by atoms with Gasteiger partial charge >= 0.3 is 0 Å². The summed E-state index contributed by atoms with van der Waals surface area (Å²) in [4.78, 5) is 13.0. The van der Waals surface area contributed by atoms with Crippen LogP contribution in [0.5, 0.6) is 0 Å². The maximum Gasteiger partial charge on any atom is 0.270 e. The summed E-state index contributed by atoms with van der Waals surface area (Å²) in [5.41, 5.74) is 2.41. The van der Waals surface area contributed by atoms with Gasteiger partial charge in [-0.1, -0.05) is 53.5 Å². The molecule has 158 valence electrons. The molecule has 0 radical (unpaired) electrons. The Hall–Kier alpha value is -2.80. The van der Waals surface area contributed by atoms with Crippen molar-refractivity contribution in [1.82, 2.24) is 0 Å². The molecule has 0 bridgehead atoms. The van der Waals surface area contributed by atoms with Gasteiger partial charge in [-0.2, -0.15) is 0 Å². The van der Waals surface area contributed by atoms with Gasteiger partial charge in [0, 0.05) is 33.4 Å². The molecule has 0 aromatic heterocycles. The molecule has 0 saturated heterocycles. The van der Waals surface area contributed by atoms with Gasteiger partial charge in [-0.25, -0.2) is 8.42 Å². The normalized spacial score (nSPS) is 14.9. The Kier molecular flexibility index (Phi) is 5.79. The lowest BCUT2D eigenvalue weighted by Crippen LogP contribution is -2.39. The topological polar surface area (TPSA) is 66.5 Å². The smallest absolute Gasteiger partial charge is 0.270 e. The fourth-order valence-corrected chi connectivity index (χ4v) is 5.65. The maximum absolute atomic E-state index is 13.6. The lowest BCUT2D eigenvalue weighted by Gasteiger charge is -2.33. The van der Waals surface area contributed by atoms with Crippen molar-refractivity contribution in [2.45, 2.75) is 6.92 Å². The number of rotatable bonds is 4. The molecule has 31 heavy (non-hydrogen) atoms. The van der Waals surface area contributed by atoms with E-state index in [9.17, 15) is 13.2 Å². The number of fused-ring (bicyclic) bond motifs is 1. The Bertz CT molecular complexity index is 1290. The molecule has 1 heterocycles. The number of hydrogen-bond acceptors (Lipinski definition) is 3. The average Bonchev–Trinajstić information content (AvgIpc) is 2.75. The highest BCUT2D eigenvalue weighted by Gasteiger charge is 2.40. The van der Waals surface area contributed by atoms with E-state index in [-0.39, 0.29) is 11.4 Å². The number of benzene rings is 3. The molecule has 5 nitrogen and oxygen atoms in total. The summed E-state index contributed by atoms with van der Waals surface area (Å²) in [6.45, 7) is 1.88. The quantitative estimate of drug-likeness (QED) is 0.540. The van der Waals surface area contributed by atoms with Crippen molar-refractivity contribution in [3.05, 3.63) is 98.9 Å². The molecule has 1 aliphatic rings. The molecule has 0 fully saturated rings. The molecule has 0 unspecified atom stereocenters. The third-order valence-electron chi connectivity index (χ3n) is 4.93. The molecule has 0 aliphatic carbocycles. The number of hydrogen-bond donors (Lipinski definition) is 1. The second-order valence-electron chi connectivity index (χ2n) is 6.86. The van der Waals surface area contributed by atoms with E-state index in [0.717, 1.165) is 0 Å². The number of amides is 1. The van der Waals surface area contributed by atoms with E-state index in [1.165, 1.54) is 4.31 Å². The summed E-state index contributed by atoms with van der Waals surface area (Å²) in [7, 11) is -4.13. The minimum atomic E-state index is -4.13. The van der Waals surface area contributed by atoms with Crippen LogP contribution in [0.1, 0.15) is 18.1 Å². The van der Waals surface area contributed by atoms with E-state index in [0.29, 0.717) is 38.1 Å². The number of sulfonamides is 1. The third-order valence-corrected chi connectivity index (χ3v) is 7.36. The van der Waals surface area contributed by atoms with Crippen LogP contribution in [0.3, 0.4) is 0 Å². The largest absolute Gasteiger partial charge is 0.321 e. The van der Waals surface area contributed by atoms with E-state index in [1.807, 2.05) is 6.07 Å². The summed E-state index contributed by atoms with van der Waals surface area (Å²) >= 11 is 12.2. The van der Waals surface area contributed by atoms with Crippen molar-refractivity contribution in [3.63, 3.8) is 0 Å². The lowest BCUT2D eigenvalue weighted by atomic mass is 9.95. The number of nitrogens with one attached hydrogen (secondary N) is 1. The molecule has 0 spiro atoms. The summed E-state index contributed by atoms with van der Waals surface area (Å²) in [6, 6.07) is 20.4. The molecular formula is C23H18Cl2N2O3S. The monoisotopic (exact) mass is 472 g/mol. The van der Waals surface area contributed by atoms with Gasteiger partial charge in [0.25, 0.3) is 15.9 Å². The van der Waals surface area contributed by atoms with Crippen LogP contribution in [0.4, 0.5) is 11.4 Å². The summed E-state index contributed by atoms with van der Waals surface area (Å²) in [5.74, 6) is -0.731. The first-order valence-electron chi connectivity index (χ1n) is 9.52. The zero-order valence-electron chi connectivity index (χ0n) is 16.5. The van der Waals surface area contributed by atoms with Gasteiger partial charge < -0.3 is 5.32 Å². The van der Waals surface area contributed by atoms with E-state index in [4.69, 9.17) is 23.2 Å². The predicted molar refractivity (Wildman–Crippen MR) is 126 cm³/mol. The molecule has 0 saturated carbocycles. The van der Waals surface area contributed by atoms with Gasteiger partial charge in [0.15, 0.2) is 4.91 Å². The number of carbonyl (C=O) groups is 1. The van der Waals surface area contributed by atoms with Crippen LogP contribution in [0.25, 0.3) is 5.57 Å². The average molecular weight is 473 g/mol. The molecule has 3 aromatic carbocycles. The van der Waals surface area contributed by atoms with Gasteiger partial charge in [-0.15, -0.1) is 0 Å². The highest BCUT2D eigenvalue weighted by Crippen LogP contribution is 2.43. The van der Waals surface area contributed by atoms with E-state index in [1.54, 1.807) is 73.7 Å². The first-order chi connectivity index (χ1) is 14.8. The SMILES string of the molecule is CCN1c2ccc(Cl)cc2C(c2ccccc2)=C(C(=O)Nc2ccc(Cl)cc2)S1(=O)=O. The summed E-state index contributed by atoms with van der Waals surface area (Å²) < 4.78 is 28.5. The Balaban J connectivity index is 1.99. The Morgan fingerprint density at radius 1 is 0.935 bits per heavy atom. The van der Waals surface area contributed by atoms with Crippen molar-refractivity contribution in [2.24, 2.45) is 0 Å². The van der Waals surface area contributed by atoms with Crippen LogP contribution in [0, 0.1) is 0 Å². The second kappa shape index (κ2) is 8.38. The van der Waals surface area contributed by atoms with Gasteiger partial charge in [0.2, 0.25) is 0 Å². The number of anilines is 2. The van der Waals surface area contributed by atoms with Crippen molar-refractivity contribution < 1.29 is 13.2 Å². The predicted octanol–water partition coefficient (Wildman–Crippen LogP) is 5.56. The van der Waals surface area contributed by atoms with Crippen molar-refractivity contribution in [1.29, 1.82) is 0 Å². The highest BCUT2D eigenvalue weighted by atomic mass is 35.5. The summed E-state index contributed by atoms with van der Waals surface area (Å²) in [6.07, 6.45) is 0. The molecule has 4 rings (SSSR count).